The minimum absolute atomic E-state index is 0.612. The Morgan fingerprint density at radius 3 is 2.24 bits per heavy atom. The number of fused-ring (bicyclic) bond motifs is 2. The van der Waals surface area contributed by atoms with Crippen LogP contribution in [0.2, 0.25) is 0 Å². The molecule has 2 nitrogen and oxygen atoms in total. The zero-order valence-electron chi connectivity index (χ0n) is 28.7. The summed E-state index contributed by atoms with van der Waals surface area (Å²) in [5.41, 5.74) is 1.76. The Morgan fingerprint density at radius 2 is 1.44 bits per heavy atom. The van der Waals surface area contributed by atoms with Gasteiger partial charge < -0.3 is 4.90 Å². The third kappa shape index (κ3) is 6.37. The molecule has 0 saturated heterocycles. The van der Waals surface area contributed by atoms with Crippen LogP contribution in [0.25, 0.3) is 0 Å². The van der Waals surface area contributed by atoms with E-state index in [-0.39, 0.29) is 0 Å². The fraction of sp³-hybridized carbons (Fsp3) is 0.767. The summed E-state index contributed by atoms with van der Waals surface area (Å²) in [6.07, 6.45) is 51.6. The second kappa shape index (κ2) is 13.9. The number of nitrogens with zero attached hydrogens (tertiary/aromatic N) is 2. The molecule has 0 aromatic rings. The lowest BCUT2D eigenvalue weighted by molar-refractivity contribution is 0.0339. The molecule has 0 bridgehead atoms. The molecule has 10 atom stereocenters. The molecule has 0 aromatic carbocycles. The summed E-state index contributed by atoms with van der Waals surface area (Å²) in [4.78, 5) is 6.12. The van der Waals surface area contributed by atoms with Crippen LogP contribution in [0, 0.1) is 41.4 Å². The van der Waals surface area contributed by atoms with Gasteiger partial charge in [-0.15, -0.1) is 0 Å². The van der Waals surface area contributed by atoms with Crippen molar-refractivity contribution in [2.24, 2.45) is 41.4 Å². The van der Waals surface area contributed by atoms with E-state index in [2.05, 4.69) is 71.4 Å². The average molecular weight is 609 g/mol. The normalized spacial score (nSPS) is 44.5. The molecule has 8 aliphatic carbocycles. The van der Waals surface area contributed by atoms with Gasteiger partial charge in [-0.1, -0.05) is 93.7 Å². The van der Waals surface area contributed by atoms with Crippen molar-refractivity contribution in [3.05, 3.63) is 60.4 Å². The number of rotatable bonds is 7. The van der Waals surface area contributed by atoms with E-state index in [4.69, 9.17) is 0 Å². The van der Waals surface area contributed by atoms with Crippen molar-refractivity contribution < 1.29 is 0 Å². The first kappa shape index (κ1) is 30.8. The highest BCUT2D eigenvalue weighted by molar-refractivity contribution is 5.19. The Hall–Kier alpha value is -1.54. The van der Waals surface area contributed by atoms with Gasteiger partial charge in [0.15, 0.2) is 0 Å². The molecule has 0 aromatic heterocycles. The number of hydrogen-bond acceptors (Lipinski definition) is 2. The van der Waals surface area contributed by atoms with Gasteiger partial charge in [0.2, 0.25) is 0 Å². The van der Waals surface area contributed by atoms with Crippen LogP contribution in [0.5, 0.6) is 0 Å². The largest absolute Gasteiger partial charge is 0.365 e. The molecule has 8 rings (SSSR count). The fourth-order valence-electron chi connectivity index (χ4n) is 12.4. The highest BCUT2D eigenvalue weighted by Gasteiger charge is 2.43. The van der Waals surface area contributed by atoms with Crippen LogP contribution in [-0.4, -0.2) is 40.0 Å². The zero-order chi connectivity index (χ0) is 30.2. The molecule has 2 heteroatoms. The lowest BCUT2D eigenvalue weighted by Gasteiger charge is -2.51. The summed E-state index contributed by atoms with van der Waals surface area (Å²) in [6.45, 7) is 2.43. The maximum absolute atomic E-state index is 3.06. The molecule has 45 heavy (non-hydrogen) atoms. The van der Waals surface area contributed by atoms with E-state index in [1.807, 2.05) is 0 Å². The lowest BCUT2D eigenvalue weighted by atomic mass is 9.67. The predicted molar refractivity (Wildman–Crippen MR) is 190 cm³/mol. The smallest absolute Gasteiger partial charge is 0.0476 e. The van der Waals surface area contributed by atoms with Crippen LogP contribution < -0.4 is 0 Å². The Kier molecular flexibility index (Phi) is 9.51. The van der Waals surface area contributed by atoms with E-state index < -0.39 is 0 Å². The Morgan fingerprint density at radius 1 is 0.600 bits per heavy atom. The second-order valence-electron chi connectivity index (χ2n) is 17.1. The average Bonchev–Trinajstić information content (AvgIpc) is 3.78. The van der Waals surface area contributed by atoms with Crippen LogP contribution >= 0.6 is 0 Å². The highest BCUT2D eigenvalue weighted by Crippen LogP contribution is 2.48. The number of allylic oxidation sites excluding steroid dienone is 6. The summed E-state index contributed by atoms with van der Waals surface area (Å²) < 4.78 is 0. The van der Waals surface area contributed by atoms with Crippen LogP contribution in [0.4, 0.5) is 0 Å². The van der Waals surface area contributed by atoms with E-state index in [0.29, 0.717) is 18.1 Å². The van der Waals surface area contributed by atoms with E-state index in [1.54, 1.807) is 5.70 Å². The van der Waals surface area contributed by atoms with Gasteiger partial charge in [-0.3, -0.25) is 4.90 Å². The van der Waals surface area contributed by atoms with E-state index in [9.17, 15) is 0 Å². The summed E-state index contributed by atoms with van der Waals surface area (Å²) in [5.74, 6) is 6.19. The minimum atomic E-state index is 0.612. The van der Waals surface area contributed by atoms with Crippen molar-refractivity contribution in [1.82, 2.24) is 9.80 Å². The Labute approximate surface area is 276 Å². The number of hydrogen-bond donors (Lipinski definition) is 0. The summed E-state index contributed by atoms with van der Waals surface area (Å²) in [5, 5.41) is 0. The quantitative estimate of drug-likeness (QED) is 0.265. The van der Waals surface area contributed by atoms with Gasteiger partial charge in [0, 0.05) is 35.9 Å². The SMILES string of the molecule is CC1C=CC(N(C2CCC(C3CC=C(N(C4C=CCC4)C4CCCC5CCCCC54)CC3)CC2)C2C=CCC3CCC=CC32)C1. The van der Waals surface area contributed by atoms with Crippen LogP contribution in [-0.2, 0) is 0 Å². The predicted octanol–water partition coefficient (Wildman–Crippen LogP) is 10.8. The van der Waals surface area contributed by atoms with Gasteiger partial charge in [0.25, 0.3) is 0 Å². The van der Waals surface area contributed by atoms with Gasteiger partial charge in [0.1, 0.15) is 0 Å². The summed E-state index contributed by atoms with van der Waals surface area (Å²) >= 11 is 0. The minimum Gasteiger partial charge on any atom is -0.365 e. The molecule has 0 radical (unpaired) electrons. The third-order valence-corrected chi connectivity index (χ3v) is 14.6. The van der Waals surface area contributed by atoms with Gasteiger partial charge in [0.05, 0.1) is 0 Å². The standard InChI is InChI=1S/C43H64N2/c1-31-20-25-39(30-31)45(43-19-9-13-35-11-3-7-17-41(35)43)38-28-23-33(24-29-38)32-21-26-37(27-22-32)44(36-14-4-5-15-36)42-18-8-12-34-10-2-6-16-40(34)42/h4,7,9,14,17,19-20,25-26,31-36,38-43H,2-3,5-6,8,10-13,15-16,18,21-24,27-30H2,1H3. The molecule has 0 spiro atoms. The Bertz CT molecular complexity index is 1150. The summed E-state index contributed by atoms with van der Waals surface area (Å²) in [7, 11) is 0. The van der Waals surface area contributed by atoms with E-state index in [0.717, 1.165) is 53.5 Å². The van der Waals surface area contributed by atoms with E-state index >= 15 is 0 Å². The van der Waals surface area contributed by atoms with Gasteiger partial charge in [-0.25, -0.2) is 0 Å². The van der Waals surface area contributed by atoms with Crippen molar-refractivity contribution in [3.8, 4) is 0 Å². The molecular formula is C43H64N2. The van der Waals surface area contributed by atoms with Crippen molar-refractivity contribution in [2.75, 3.05) is 0 Å². The van der Waals surface area contributed by atoms with Crippen molar-refractivity contribution in [3.63, 3.8) is 0 Å². The van der Waals surface area contributed by atoms with Crippen molar-refractivity contribution in [1.29, 1.82) is 0 Å². The molecule has 0 aliphatic heterocycles. The van der Waals surface area contributed by atoms with Gasteiger partial charge >= 0.3 is 0 Å². The van der Waals surface area contributed by atoms with Crippen molar-refractivity contribution in [2.45, 2.75) is 166 Å². The second-order valence-corrected chi connectivity index (χ2v) is 17.1. The molecule has 0 heterocycles. The molecular weight excluding hydrogens is 544 g/mol. The van der Waals surface area contributed by atoms with Gasteiger partial charge in [-0.2, -0.15) is 0 Å². The van der Waals surface area contributed by atoms with Crippen LogP contribution in [0.1, 0.15) is 135 Å². The fourth-order valence-corrected chi connectivity index (χ4v) is 12.4. The maximum atomic E-state index is 3.06. The topological polar surface area (TPSA) is 6.48 Å². The monoisotopic (exact) mass is 609 g/mol. The molecule has 3 fully saturated rings. The molecule has 8 aliphatic rings. The molecule has 3 saturated carbocycles. The first-order valence-corrected chi connectivity index (χ1v) is 20.2. The third-order valence-electron chi connectivity index (χ3n) is 14.6. The summed E-state index contributed by atoms with van der Waals surface area (Å²) in [6, 6.07) is 3.52. The zero-order valence-corrected chi connectivity index (χ0v) is 28.7. The highest BCUT2D eigenvalue weighted by atomic mass is 15.2. The molecule has 246 valence electrons. The molecule has 0 N–H and O–H groups in total. The van der Waals surface area contributed by atoms with Crippen LogP contribution in [0.3, 0.4) is 0 Å². The first-order chi connectivity index (χ1) is 22.2. The van der Waals surface area contributed by atoms with E-state index in [1.165, 1.54) is 128 Å². The Balaban J connectivity index is 0.938. The van der Waals surface area contributed by atoms with Crippen LogP contribution in [0.15, 0.2) is 60.4 Å². The maximum Gasteiger partial charge on any atom is 0.0476 e. The lowest BCUT2D eigenvalue weighted by Crippen LogP contribution is -2.53. The molecule has 10 unspecified atom stereocenters. The van der Waals surface area contributed by atoms with Crippen molar-refractivity contribution >= 4 is 0 Å². The van der Waals surface area contributed by atoms with Gasteiger partial charge in [-0.05, 0) is 138 Å². The molecule has 0 amide bonds. The first-order valence-electron chi connectivity index (χ1n) is 20.2.